The van der Waals surface area contributed by atoms with Gasteiger partial charge in [-0.1, -0.05) is 152 Å². The van der Waals surface area contributed by atoms with Crippen LogP contribution in [0.3, 0.4) is 0 Å². The van der Waals surface area contributed by atoms with Crippen LogP contribution >= 0.6 is 0 Å². The number of aldehydes is 1. The molecule has 0 fully saturated rings. The van der Waals surface area contributed by atoms with Crippen molar-refractivity contribution in [3.05, 3.63) is 257 Å². The van der Waals surface area contributed by atoms with Crippen LogP contribution in [0.2, 0.25) is 0 Å². The number of carboxylic acids is 1. The number of aliphatic hydroxyl groups excluding tert-OH is 1. The van der Waals surface area contributed by atoms with Crippen LogP contribution < -0.4 is 0 Å². The third kappa shape index (κ3) is 40.1. The number of esters is 5. The van der Waals surface area contributed by atoms with Crippen molar-refractivity contribution in [1.82, 2.24) is 9.97 Å². The molecule has 5 aromatic carbocycles. The number of aromatic nitrogens is 2. The second kappa shape index (κ2) is 53.0. The van der Waals surface area contributed by atoms with Gasteiger partial charge in [0.05, 0.1) is 13.2 Å². The summed E-state index contributed by atoms with van der Waals surface area (Å²) in [7, 11) is 3.75. The predicted octanol–water partition coefficient (Wildman–Crippen LogP) is 11.7. The smallest absolute Gasteiger partial charge is 0.387 e. The zero-order valence-electron chi connectivity index (χ0n) is 57.1. The largest absolute Gasteiger partial charge is 0.477 e. The SMILES string of the molecule is CC(=O)OC(C)=O.CC(=O)OC(CCc1ccccc1)C(C)[N+](=O)[O-].CC(C(O)CCc1ccccc1)[N+](=O)[O-].CCOC(=O)c1[nH]cc(C)c1CCc1ccccc1.Cc1c[nH]c(C(=O)O)c1CCc1ccccc1.O=CCCc1ccccc1.[2H][B].[C-]#[N+]CC(=O)OCC.[U]. The fourth-order valence-corrected chi connectivity index (χ4v) is 8.54. The number of aromatic amines is 2. The maximum Gasteiger partial charge on any atom is 0.387 e. The summed E-state index contributed by atoms with van der Waals surface area (Å²) >= 11 is 0. The molecule has 512 valence electrons. The van der Waals surface area contributed by atoms with Crippen molar-refractivity contribution in [2.45, 2.75) is 151 Å². The van der Waals surface area contributed by atoms with Gasteiger partial charge in [-0.05, 0) is 137 Å². The summed E-state index contributed by atoms with van der Waals surface area (Å²) in [5.74, 6) is -3.20. The number of ether oxygens (including phenoxy) is 4. The average molecular weight is 1550 g/mol. The molecule has 0 aliphatic carbocycles. The van der Waals surface area contributed by atoms with E-state index in [1.54, 1.807) is 13.1 Å². The van der Waals surface area contributed by atoms with Gasteiger partial charge in [0.25, 0.3) is 0 Å². The molecular formula is C72H90BN5O17U. The second-order valence-corrected chi connectivity index (χ2v) is 20.9. The molecule has 2 aromatic heterocycles. The van der Waals surface area contributed by atoms with Crippen LogP contribution in [0, 0.1) is 71.8 Å². The average Bonchev–Trinajstić information content (AvgIpc) is 1.76. The molecule has 4 atom stereocenters. The summed E-state index contributed by atoms with van der Waals surface area (Å²) in [5, 5.41) is 39.7. The number of carbonyl (C=O) groups is 7. The number of aryl methyl sites for hydroxylation is 7. The Labute approximate surface area is 589 Å². The molecule has 22 nitrogen and oxygen atoms in total. The number of carbonyl (C=O) groups excluding carboxylic acids is 6. The Morgan fingerprint density at radius 2 is 0.948 bits per heavy atom. The summed E-state index contributed by atoms with van der Waals surface area (Å²) in [6.45, 7) is 20.8. The summed E-state index contributed by atoms with van der Waals surface area (Å²) in [6.07, 6.45) is 10.1. The molecule has 0 aliphatic heterocycles. The van der Waals surface area contributed by atoms with Gasteiger partial charge in [-0.25, -0.2) is 21.0 Å². The number of hydrogen-bond acceptors (Lipinski definition) is 16. The number of nitro groups is 2. The van der Waals surface area contributed by atoms with Crippen molar-refractivity contribution >= 4 is 50.5 Å². The van der Waals surface area contributed by atoms with Crippen LogP contribution in [-0.2, 0) is 87.9 Å². The molecule has 7 aromatic rings. The minimum Gasteiger partial charge on any atom is -0.477 e. The Bertz CT molecular complexity index is 3380. The molecule has 4 unspecified atom stereocenters. The number of benzene rings is 5. The third-order valence-electron chi connectivity index (χ3n) is 13.5. The Kier molecular flexibility index (Phi) is 47.9. The number of aromatic carboxylic acids is 1. The van der Waals surface area contributed by atoms with Crippen LogP contribution in [0.1, 0.15) is 139 Å². The molecular weight excluding hydrogens is 1460 g/mol. The zero-order valence-corrected chi connectivity index (χ0v) is 60.3. The van der Waals surface area contributed by atoms with Crippen LogP contribution in [0.4, 0.5) is 0 Å². The number of nitrogens with one attached hydrogen (secondary N) is 2. The molecule has 2 heterocycles. The van der Waals surface area contributed by atoms with Gasteiger partial charge >= 0.3 is 42.4 Å². The van der Waals surface area contributed by atoms with Gasteiger partial charge in [0.15, 0.2) is 6.10 Å². The van der Waals surface area contributed by atoms with E-state index in [-0.39, 0.29) is 43.6 Å². The Morgan fingerprint density at radius 1 is 0.583 bits per heavy atom. The van der Waals surface area contributed by atoms with E-state index < -0.39 is 64.0 Å². The van der Waals surface area contributed by atoms with E-state index >= 15 is 0 Å². The van der Waals surface area contributed by atoms with Crippen molar-refractivity contribution in [2.75, 3.05) is 19.8 Å². The van der Waals surface area contributed by atoms with E-state index in [1.165, 1.54) is 51.3 Å². The van der Waals surface area contributed by atoms with Crippen LogP contribution in [-0.4, -0.2) is 126 Å². The number of rotatable bonds is 25. The van der Waals surface area contributed by atoms with Crippen LogP contribution in [0.25, 0.3) is 4.85 Å². The number of hydrogen-bond donors (Lipinski definition) is 4. The number of aliphatic hydroxyl groups is 1. The van der Waals surface area contributed by atoms with Crippen molar-refractivity contribution in [3.8, 4) is 0 Å². The van der Waals surface area contributed by atoms with Gasteiger partial charge in [0, 0.05) is 103 Å². The number of nitrogens with zero attached hydrogens (tertiary/aromatic N) is 3. The Balaban J connectivity index is 0. The molecule has 0 aliphatic rings. The molecule has 2 radical (unpaired) electrons. The first-order chi connectivity index (χ1) is 45.9. The fraction of sp³-hybridized carbons (Fsp3) is 0.361. The van der Waals surface area contributed by atoms with Crippen LogP contribution in [0.15, 0.2) is 164 Å². The summed E-state index contributed by atoms with van der Waals surface area (Å²) in [6, 6.07) is 47.9. The van der Waals surface area contributed by atoms with Gasteiger partial charge in [0.1, 0.15) is 23.8 Å². The molecule has 0 spiro atoms. The fourth-order valence-electron chi connectivity index (χ4n) is 8.54. The molecule has 0 amide bonds. The van der Waals surface area contributed by atoms with E-state index in [4.69, 9.17) is 22.5 Å². The molecule has 0 bridgehead atoms. The van der Waals surface area contributed by atoms with Crippen molar-refractivity contribution in [3.63, 3.8) is 0 Å². The van der Waals surface area contributed by atoms with Gasteiger partial charge < -0.3 is 48.8 Å². The predicted molar refractivity (Wildman–Crippen MR) is 364 cm³/mol. The van der Waals surface area contributed by atoms with E-state index in [0.29, 0.717) is 56.7 Å². The van der Waals surface area contributed by atoms with Gasteiger partial charge in [-0.3, -0.25) is 34.6 Å². The number of H-pyrrole nitrogens is 2. The first-order valence-corrected chi connectivity index (χ1v) is 30.6. The zero-order chi connectivity index (χ0) is 72.2. The monoisotopic (exact) mass is 1550 g/mol. The Morgan fingerprint density at radius 3 is 1.28 bits per heavy atom. The summed E-state index contributed by atoms with van der Waals surface area (Å²) < 4.78 is 23.7. The minimum absolute atomic E-state index is 0. The summed E-state index contributed by atoms with van der Waals surface area (Å²) in [5.41, 5.74) is 10.9. The van der Waals surface area contributed by atoms with Gasteiger partial charge in [-0.15, -0.1) is 0 Å². The number of carboxylic acid groups (broad SMARTS) is 1. The standard InChI is InChI=1S/C16H19NO2.C14H15NO2.C13H17NO4.C11H15NO3.C9H10O.C5H7NO2.C4H6O3.BH.U/c1-3-19-16(18)15-14(12(2)11-17-15)10-9-13-7-5-4-6-8-13;1-10-9-15-13(14(16)17)12(10)8-7-11-5-3-2-4-6-11;1-10(14(16)17)13(18-11(2)15)9-8-12-6-4-3-5-7-12;1-9(12(14)15)11(13)8-7-10-5-3-2-4-6-10;10-8-4-7-9-5-2-1-3-6-9;1-3-8-5(7)4-6-2;1-3(5)7-4(2)6;;/h4-8,11,17H,3,9-10H2,1-2H3;2-6,9,15H,7-8H2,1H3,(H,16,17);3-7,10,13H,8-9H2,1-2H3;2-6,9,11,13H,7-8H2,1H3;1-3,5-6,8H,4,7H2;3-4H2,1H3;1-2H3;1H;/i;;;;;;;1D;. The first kappa shape index (κ1) is 86.7. The van der Waals surface area contributed by atoms with E-state index in [0.717, 1.165) is 71.8 Å². The maximum atomic E-state index is 11.8. The molecule has 0 saturated carbocycles. The first-order valence-electron chi connectivity index (χ1n) is 31.1. The van der Waals surface area contributed by atoms with E-state index in [9.17, 15) is 58.9 Å². The van der Waals surface area contributed by atoms with E-state index in [2.05, 4.69) is 56.9 Å². The summed E-state index contributed by atoms with van der Waals surface area (Å²) in [4.78, 5) is 103. The normalized spacial score (nSPS) is 10.9. The Hall–Kier alpha value is -9.28. The third-order valence-corrected chi connectivity index (χ3v) is 13.5. The van der Waals surface area contributed by atoms with Crippen LogP contribution in [0.5, 0.6) is 0 Å². The molecule has 4 N–H and O–H groups in total. The van der Waals surface area contributed by atoms with Crippen molar-refractivity contribution < 1.29 is 104 Å². The molecule has 96 heavy (non-hydrogen) atoms. The quantitative estimate of drug-likeness (QED) is 0.00604. The molecule has 7 rings (SSSR count). The minimum atomic E-state index is -0.895. The molecule has 24 heteroatoms. The van der Waals surface area contributed by atoms with Gasteiger partial charge in [-0.2, -0.15) is 0 Å². The topological polar surface area (TPSA) is 319 Å². The van der Waals surface area contributed by atoms with Crippen molar-refractivity contribution in [1.29, 1.82) is 1.34 Å². The van der Waals surface area contributed by atoms with E-state index in [1.807, 2.05) is 154 Å². The van der Waals surface area contributed by atoms with Gasteiger partial charge in [0.2, 0.25) is 12.1 Å². The maximum absolute atomic E-state index is 11.8. The van der Waals surface area contributed by atoms with Crippen molar-refractivity contribution in [2.24, 2.45) is 0 Å². The second-order valence-electron chi connectivity index (χ2n) is 20.9. The molecule has 0 saturated heterocycles.